The van der Waals surface area contributed by atoms with Crippen molar-refractivity contribution < 1.29 is 8.42 Å². The van der Waals surface area contributed by atoms with Gasteiger partial charge in [0.2, 0.25) is 10.0 Å². The average Bonchev–Trinajstić information content (AvgIpc) is 2.91. The van der Waals surface area contributed by atoms with Gasteiger partial charge in [-0.25, -0.2) is 8.42 Å². The topological polar surface area (TPSA) is 49.4 Å². The molecule has 134 valence electrons. The predicted molar refractivity (Wildman–Crippen MR) is 105 cm³/mol. The summed E-state index contributed by atoms with van der Waals surface area (Å²) in [5.74, 6) is 0.0882. The van der Waals surface area contributed by atoms with Crippen molar-refractivity contribution in [2.45, 2.75) is 32.1 Å². The molecule has 0 amide bonds. The molecule has 0 atom stereocenters. The van der Waals surface area contributed by atoms with Crippen molar-refractivity contribution >= 4 is 21.4 Å². The lowest BCUT2D eigenvalue weighted by Gasteiger charge is -2.22. The highest BCUT2D eigenvalue weighted by molar-refractivity contribution is 7.92. The van der Waals surface area contributed by atoms with Crippen LogP contribution in [0.15, 0.2) is 54.6 Å². The molecule has 1 heterocycles. The first-order chi connectivity index (χ1) is 12.1. The summed E-state index contributed by atoms with van der Waals surface area (Å²) in [6.07, 6.45) is 5.58. The summed E-state index contributed by atoms with van der Waals surface area (Å²) in [4.78, 5) is 2.39. The molecule has 0 aromatic heterocycles. The monoisotopic (exact) mass is 358 g/mol. The minimum absolute atomic E-state index is 0.0882. The van der Waals surface area contributed by atoms with Crippen LogP contribution in [0.4, 0.5) is 11.4 Å². The Kier molecular flexibility index (Phi) is 5.97. The van der Waals surface area contributed by atoms with Gasteiger partial charge in [0.1, 0.15) is 0 Å². The lowest BCUT2D eigenvalue weighted by molar-refractivity contribution is 0.600. The Labute approximate surface area is 150 Å². The number of nitrogens with zero attached hydrogens (tertiary/aromatic N) is 1. The van der Waals surface area contributed by atoms with Crippen LogP contribution in [0.25, 0.3) is 0 Å². The Bertz CT molecular complexity index is 750. The number of rotatable bonds is 6. The maximum Gasteiger partial charge on any atom is 0.233 e. The van der Waals surface area contributed by atoms with E-state index in [1.807, 2.05) is 54.6 Å². The highest BCUT2D eigenvalue weighted by Crippen LogP contribution is 2.22. The van der Waals surface area contributed by atoms with Gasteiger partial charge in [0.25, 0.3) is 0 Å². The second-order valence-electron chi connectivity index (χ2n) is 6.60. The molecule has 0 spiro atoms. The van der Waals surface area contributed by atoms with Crippen LogP contribution in [0.5, 0.6) is 0 Å². The summed E-state index contributed by atoms with van der Waals surface area (Å²) in [5.41, 5.74) is 2.84. The van der Waals surface area contributed by atoms with Crippen LogP contribution in [-0.2, 0) is 16.4 Å². The van der Waals surface area contributed by atoms with Gasteiger partial charge in [0.05, 0.1) is 5.75 Å². The van der Waals surface area contributed by atoms with Gasteiger partial charge in [-0.1, -0.05) is 43.2 Å². The van der Waals surface area contributed by atoms with E-state index in [1.54, 1.807) is 0 Å². The van der Waals surface area contributed by atoms with Crippen LogP contribution in [0.3, 0.4) is 0 Å². The van der Waals surface area contributed by atoms with Gasteiger partial charge in [-0.3, -0.25) is 4.72 Å². The Morgan fingerprint density at radius 3 is 2.12 bits per heavy atom. The largest absolute Gasteiger partial charge is 0.372 e. The summed E-state index contributed by atoms with van der Waals surface area (Å²) in [7, 11) is -3.34. The molecule has 1 N–H and O–H groups in total. The van der Waals surface area contributed by atoms with Crippen molar-refractivity contribution in [3.05, 3.63) is 60.2 Å². The molecule has 1 aliphatic rings. The molecule has 3 rings (SSSR count). The van der Waals surface area contributed by atoms with Crippen molar-refractivity contribution in [2.75, 3.05) is 28.5 Å². The molecule has 0 unspecified atom stereocenters. The fraction of sp³-hybridized carbons (Fsp3) is 0.400. The molecule has 25 heavy (non-hydrogen) atoms. The van der Waals surface area contributed by atoms with Crippen molar-refractivity contribution in [1.29, 1.82) is 0 Å². The Hall–Kier alpha value is -2.01. The van der Waals surface area contributed by atoms with Gasteiger partial charge < -0.3 is 4.90 Å². The fourth-order valence-electron chi connectivity index (χ4n) is 3.20. The zero-order valence-corrected chi connectivity index (χ0v) is 15.3. The summed E-state index contributed by atoms with van der Waals surface area (Å²) >= 11 is 0. The first-order valence-corrected chi connectivity index (χ1v) is 10.7. The summed E-state index contributed by atoms with van der Waals surface area (Å²) in [6, 6.07) is 17.4. The number of hydrogen-bond donors (Lipinski definition) is 1. The molecule has 0 aliphatic carbocycles. The van der Waals surface area contributed by atoms with E-state index in [0.29, 0.717) is 12.1 Å². The molecule has 5 heteroatoms. The maximum atomic E-state index is 12.3. The number of sulfonamides is 1. The SMILES string of the molecule is O=S(=O)(CCc1ccccc1)Nc1ccc(N2CCCCCC2)cc1. The maximum absolute atomic E-state index is 12.3. The molecule has 0 saturated carbocycles. The van der Waals surface area contributed by atoms with E-state index in [4.69, 9.17) is 0 Å². The molecule has 1 aliphatic heterocycles. The number of aryl methyl sites for hydroxylation is 1. The van der Waals surface area contributed by atoms with Crippen molar-refractivity contribution in [3.63, 3.8) is 0 Å². The van der Waals surface area contributed by atoms with Gasteiger partial charge in [-0.05, 0) is 49.1 Å². The zero-order chi connectivity index (χ0) is 17.5. The molecule has 0 radical (unpaired) electrons. The predicted octanol–water partition coefficient (Wildman–Crippen LogP) is 4.05. The van der Waals surface area contributed by atoms with Gasteiger partial charge in [0.15, 0.2) is 0 Å². The molecular weight excluding hydrogens is 332 g/mol. The molecule has 4 nitrogen and oxygen atoms in total. The number of hydrogen-bond acceptors (Lipinski definition) is 3. The van der Waals surface area contributed by atoms with Gasteiger partial charge in [-0.2, -0.15) is 0 Å². The van der Waals surface area contributed by atoms with Crippen LogP contribution >= 0.6 is 0 Å². The van der Waals surface area contributed by atoms with E-state index in [9.17, 15) is 8.42 Å². The van der Waals surface area contributed by atoms with Gasteiger partial charge >= 0.3 is 0 Å². The van der Waals surface area contributed by atoms with E-state index in [-0.39, 0.29) is 5.75 Å². The normalized spacial score (nSPS) is 15.6. The second kappa shape index (κ2) is 8.39. The Balaban J connectivity index is 1.58. The van der Waals surface area contributed by atoms with Crippen LogP contribution in [-0.4, -0.2) is 27.3 Å². The van der Waals surface area contributed by atoms with E-state index in [1.165, 1.54) is 31.4 Å². The fourth-order valence-corrected chi connectivity index (χ4v) is 4.30. The number of anilines is 2. The number of benzene rings is 2. The number of nitrogens with one attached hydrogen (secondary N) is 1. The van der Waals surface area contributed by atoms with Crippen molar-refractivity contribution in [3.8, 4) is 0 Å². The first kappa shape index (κ1) is 17.8. The lowest BCUT2D eigenvalue weighted by Crippen LogP contribution is -2.23. The summed E-state index contributed by atoms with van der Waals surface area (Å²) in [6.45, 7) is 2.17. The van der Waals surface area contributed by atoms with E-state index in [2.05, 4.69) is 9.62 Å². The third-order valence-electron chi connectivity index (χ3n) is 4.61. The highest BCUT2D eigenvalue weighted by Gasteiger charge is 2.12. The Morgan fingerprint density at radius 1 is 0.840 bits per heavy atom. The molecule has 2 aromatic rings. The van der Waals surface area contributed by atoms with Gasteiger partial charge in [-0.15, -0.1) is 0 Å². The van der Waals surface area contributed by atoms with Crippen LogP contribution in [0, 0.1) is 0 Å². The van der Waals surface area contributed by atoms with Crippen molar-refractivity contribution in [2.24, 2.45) is 0 Å². The molecule has 2 aromatic carbocycles. The summed E-state index contributed by atoms with van der Waals surface area (Å²) in [5, 5.41) is 0. The highest BCUT2D eigenvalue weighted by atomic mass is 32.2. The molecule has 1 fully saturated rings. The summed E-state index contributed by atoms with van der Waals surface area (Å²) < 4.78 is 27.3. The third kappa shape index (κ3) is 5.49. The third-order valence-corrected chi connectivity index (χ3v) is 5.90. The van der Waals surface area contributed by atoms with Crippen molar-refractivity contribution in [1.82, 2.24) is 0 Å². The van der Waals surface area contributed by atoms with Crippen LogP contribution in [0.2, 0.25) is 0 Å². The van der Waals surface area contributed by atoms with Crippen LogP contribution in [0.1, 0.15) is 31.2 Å². The average molecular weight is 359 g/mol. The zero-order valence-electron chi connectivity index (χ0n) is 14.5. The van der Waals surface area contributed by atoms with E-state index >= 15 is 0 Å². The Morgan fingerprint density at radius 2 is 1.48 bits per heavy atom. The minimum atomic E-state index is -3.34. The van der Waals surface area contributed by atoms with Crippen LogP contribution < -0.4 is 9.62 Å². The molecule has 0 bridgehead atoms. The molecular formula is C20H26N2O2S. The quantitative estimate of drug-likeness (QED) is 0.847. The lowest BCUT2D eigenvalue weighted by atomic mass is 10.2. The van der Waals surface area contributed by atoms with E-state index in [0.717, 1.165) is 18.7 Å². The second-order valence-corrected chi connectivity index (χ2v) is 8.45. The smallest absolute Gasteiger partial charge is 0.233 e. The minimum Gasteiger partial charge on any atom is -0.372 e. The molecule has 1 saturated heterocycles. The standard InChI is InChI=1S/C20H26N2O2S/c23-25(24,17-14-18-8-4-3-5-9-18)21-19-10-12-20(13-11-19)22-15-6-1-2-7-16-22/h3-5,8-13,21H,1-2,6-7,14-17H2. The van der Waals surface area contributed by atoms with E-state index < -0.39 is 10.0 Å². The first-order valence-electron chi connectivity index (χ1n) is 9.02. The van der Waals surface area contributed by atoms with Gasteiger partial charge in [0, 0.05) is 24.5 Å².